The standard InChI is InChI=1S/C26H42O4/c1-2-3-4-5-6-7-8-9-10-11-12-13-14-15-16-17-18-22-25(29)30-26-23(27)20-19-21-24(26)28/h6-7,9-10,12-13,15-16,23-24,26-28H,2-5,8,11,14,17-22H2,1H3/b7-6-,10-9-,13-12-,16-15-/t23-,24+,26?. The lowest BCUT2D eigenvalue weighted by Crippen LogP contribution is -2.44. The van der Waals surface area contributed by atoms with Crippen LogP contribution in [0.5, 0.6) is 0 Å². The Labute approximate surface area is 183 Å². The van der Waals surface area contributed by atoms with Crippen LogP contribution in [-0.2, 0) is 9.53 Å². The molecule has 1 saturated carbocycles. The molecule has 0 aromatic rings. The van der Waals surface area contributed by atoms with Gasteiger partial charge in [0.1, 0.15) is 0 Å². The van der Waals surface area contributed by atoms with E-state index >= 15 is 0 Å². The lowest BCUT2D eigenvalue weighted by Gasteiger charge is -2.31. The van der Waals surface area contributed by atoms with E-state index in [2.05, 4.69) is 55.5 Å². The maximum absolute atomic E-state index is 11.9. The molecule has 1 rings (SSSR count). The molecular formula is C26H42O4. The zero-order chi connectivity index (χ0) is 21.9. The second-order valence-electron chi connectivity index (χ2n) is 8.00. The Morgan fingerprint density at radius 1 is 0.800 bits per heavy atom. The summed E-state index contributed by atoms with van der Waals surface area (Å²) < 4.78 is 5.26. The lowest BCUT2D eigenvalue weighted by molar-refractivity contribution is -0.169. The number of hydrogen-bond donors (Lipinski definition) is 2. The number of aliphatic hydroxyl groups excluding tert-OH is 2. The monoisotopic (exact) mass is 418 g/mol. The highest BCUT2D eigenvalue weighted by Crippen LogP contribution is 2.22. The number of rotatable bonds is 15. The fraction of sp³-hybridized carbons (Fsp3) is 0.654. The zero-order valence-electron chi connectivity index (χ0n) is 18.8. The van der Waals surface area contributed by atoms with Gasteiger partial charge in [-0.1, -0.05) is 68.4 Å². The third-order valence-electron chi connectivity index (χ3n) is 5.23. The molecule has 1 unspecified atom stereocenters. The van der Waals surface area contributed by atoms with Gasteiger partial charge in [-0.05, 0) is 64.2 Å². The third-order valence-corrected chi connectivity index (χ3v) is 5.23. The van der Waals surface area contributed by atoms with Crippen molar-refractivity contribution in [2.45, 2.75) is 109 Å². The molecule has 4 heteroatoms. The largest absolute Gasteiger partial charge is 0.457 e. The van der Waals surface area contributed by atoms with E-state index in [1.165, 1.54) is 25.7 Å². The summed E-state index contributed by atoms with van der Waals surface area (Å²) in [5.74, 6) is -0.337. The van der Waals surface area contributed by atoms with Crippen LogP contribution in [0.15, 0.2) is 48.6 Å². The molecule has 0 aromatic heterocycles. The Kier molecular flexibility index (Phi) is 16.0. The van der Waals surface area contributed by atoms with Crippen molar-refractivity contribution < 1.29 is 19.7 Å². The van der Waals surface area contributed by atoms with Gasteiger partial charge in [-0.3, -0.25) is 4.79 Å². The van der Waals surface area contributed by atoms with Gasteiger partial charge in [0, 0.05) is 6.42 Å². The van der Waals surface area contributed by atoms with Crippen LogP contribution in [0.2, 0.25) is 0 Å². The molecule has 0 saturated heterocycles. The highest BCUT2D eigenvalue weighted by molar-refractivity contribution is 5.69. The Morgan fingerprint density at radius 2 is 1.30 bits per heavy atom. The van der Waals surface area contributed by atoms with E-state index in [1.807, 2.05) is 0 Å². The maximum atomic E-state index is 11.9. The van der Waals surface area contributed by atoms with E-state index in [-0.39, 0.29) is 5.97 Å². The summed E-state index contributed by atoms with van der Waals surface area (Å²) in [6, 6.07) is 0. The number of unbranched alkanes of at least 4 members (excludes halogenated alkanes) is 4. The third kappa shape index (κ3) is 13.6. The van der Waals surface area contributed by atoms with E-state index in [0.29, 0.717) is 25.7 Å². The van der Waals surface area contributed by atoms with Gasteiger partial charge in [0.05, 0.1) is 12.2 Å². The molecule has 0 spiro atoms. The second-order valence-corrected chi connectivity index (χ2v) is 8.00. The zero-order valence-corrected chi connectivity index (χ0v) is 18.8. The first-order chi connectivity index (χ1) is 14.6. The number of carbonyl (C=O) groups is 1. The number of aliphatic hydroxyl groups is 2. The smallest absolute Gasteiger partial charge is 0.306 e. The van der Waals surface area contributed by atoms with Gasteiger partial charge < -0.3 is 14.9 Å². The summed E-state index contributed by atoms with van der Waals surface area (Å²) in [5, 5.41) is 19.7. The minimum atomic E-state index is -0.761. The molecule has 3 atom stereocenters. The van der Waals surface area contributed by atoms with E-state index in [0.717, 1.165) is 32.1 Å². The molecule has 2 N–H and O–H groups in total. The molecule has 170 valence electrons. The molecule has 4 nitrogen and oxygen atoms in total. The summed E-state index contributed by atoms with van der Waals surface area (Å²) in [7, 11) is 0. The fourth-order valence-electron chi connectivity index (χ4n) is 3.41. The fourth-order valence-corrected chi connectivity index (χ4v) is 3.41. The SMILES string of the molecule is CCCCC/C=C\C/C=C\C/C=C\C/C=C\CCCC(=O)OC1[C@H](O)CCC[C@@H]1O. The molecule has 0 amide bonds. The van der Waals surface area contributed by atoms with Crippen LogP contribution in [0.1, 0.15) is 90.4 Å². The lowest BCUT2D eigenvalue weighted by atomic mass is 9.92. The van der Waals surface area contributed by atoms with Crippen LogP contribution in [0.3, 0.4) is 0 Å². The van der Waals surface area contributed by atoms with Crippen LogP contribution >= 0.6 is 0 Å². The predicted octanol–water partition coefficient (Wildman–Crippen LogP) is 5.95. The van der Waals surface area contributed by atoms with Crippen molar-refractivity contribution in [2.75, 3.05) is 0 Å². The van der Waals surface area contributed by atoms with Crippen molar-refractivity contribution in [3.8, 4) is 0 Å². The molecule has 30 heavy (non-hydrogen) atoms. The van der Waals surface area contributed by atoms with Crippen molar-refractivity contribution in [3.05, 3.63) is 48.6 Å². The molecule has 1 fully saturated rings. The summed E-state index contributed by atoms with van der Waals surface area (Å²) in [4.78, 5) is 11.9. The van der Waals surface area contributed by atoms with Gasteiger partial charge in [-0.25, -0.2) is 0 Å². The van der Waals surface area contributed by atoms with Crippen LogP contribution in [0, 0.1) is 0 Å². The second kappa shape index (κ2) is 18.1. The Balaban J connectivity index is 1.99. The molecule has 0 aromatic carbocycles. The van der Waals surface area contributed by atoms with E-state index in [4.69, 9.17) is 4.74 Å². The molecule has 0 bridgehead atoms. The highest BCUT2D eigenvalue weighted by atomic mass is 16.6. The quantitative estimate of drug-likeness (QED) is 0.196. The highest BCUT2D eigenvalue weighted by Gasteiger charge is 2.33. The van der Waals surface area contributed by atoms with Gasteiger partial charge in [0.15, 0.2) is 6.10 Å². The summed E-state index contributed by atoms with van der Waals surface area (Å²) >= 11 is 0. The molecule has 0 radical (unpaired) electrons. The first kappa shape index (κ1) is 26.4. The van der Waals surface area contributed by atoms with Crippen LogP contribution in [0.25, 0.3) is 0 Å². The van der Waals surface area contributed by atoms with E-state index < -0.39 is 18.3 Å². The predicted molar refractivity (Wildman–Crippen MR) is 124 cm³/mol. The maximum Gasteiger partial charge on any atom is 0.306 e. The first-order valence-electron chi connectivity index (χ1n) is 11.8. The van der Waals surface area contributed by atoms with Crippen LogP contribution in [-0.4, -0.2) is 34.5 Å². The van der Waals surface area contributed by atoms with Crippen LogP contribution < -0.4 is 0 Å². The average molecular weight is 419 g/mol. The average Bonchev–Trinajstić information content (AvgIpc) is 2.73. The Hall–Kier alpha value is -1.65. The molecular weight excluding hydrogens is 376 g/mol. The summed E-state index contributed by atoms with van der Waals surface area (Å²) in [5.41, 5.74) is 0. The van der Waals surface area contributed by atoms with Crippen molar-refractivity contribution in [3.63, 3.8) is 0 Å². The minimum absolute atomic E-state index is 0.313. The van der Waals surface area contributed by atoms with Gasteiger partial charge in [-0.2, -0.15) is 0 Å². The van der Waals surface area contributed by atoms with Gasteiger partial charge in [-0.15, -0.1) is 0 Å². The number of hydrogen-bond acceptors (Lipinski definition) is 4. The van der Waals surface area contributed by atoms with Crippen LogP contribution in [0.4, 0.5) is 0 Å². The van der Waals surface area contributed by atoms with Crippen molar-refractivity contribution in [2.24, 2.45) is 0 Å². The normalized spacial score (nSPS) is 22.7. The Bertz CT molecular complexity index is 537. The molecule has 0 aliphatic heterocycles. The van der Waals surface area contributed by atoms with Gasteiger partial charge in [0.2, 0.25) is 0 Å². The molecule has 1 aliphatic carbocycles. The number of carbonyl (C=O) groups excluding carboxylic acids is 1. The van der Waals surface area contributed by atoms with E-state index in [9.17, 15) is 15.0 Å². The topological polar surface area (TPSA) is 66.8 Å². The summed E-state index contributed by atoms with van der Waals surface area (Å²) in [6.45, 7) is 2.23. The first-order valence-corrected chi connectivity index (χ1v) is 11.8. The Morgan fingerprint density at radius 3 is 1.83 bits per heavy atom. The number of allylic oxidation sites excluding steroid dienone is 8. The number of esters is 1. The van der Waals surface area contributed by atoms with E-state index in [1.54, 1.807) is 0 Å². The summed E-state index contributed by atoms with van der Waals surface area (Å²) in [6.07, 6.45) is 26.9. The molecule has 1 aliphatic rings. The van der Waals surface area contributed by atoms with Crippen molar-refractivity contribution in [1.29, 1.82) is 0 Å². The van der Waals surface area contributed by atoms with Gasteiger partial charge >= 0.3 is 5.97 Å². The number of ether oxygens (including phenoxy) is 1. The van der Waals surface area contributed by atoms with Gasteiger partial charge in [0.25, 0.3) is 0 Å². The van der Waals surface area contributed by atoms with Crippen molar-refractivity contribution >= 4 is 5.97 Å². The van der Waals surface area contributed by atoms with Crippen molar-refractivity contribution in [1.82, 2.24) is 0 Å². The molecule has 0 heterocycles. The minimum Gasteiger partial charge on any atom is -0.457 e.